The van der Waals surface area contributed by atoms with E-state index in [0.717, 1.165) is 22.6 Å². The van der Waals surface area contributed by atoms with Crippen molar-refractivity contribution in [3.8, 4) is 17.2 Å². The van der Waals surface area contributed by atoms with Crippen molar-refractivity contribution in [2.45, 2.75) is 6.92 Å². The van der Waals surface area contributed by atoms with Crippen LogP contribution in [0.3, 0.4) is 0 Å². The molecule has 6 nitrogen and oxygen atoms in total. The number of nitrogens with zero attached hydrogens (tertiary/aromatic N) is 1. The van der Waals surface area contributed by atoms with Crippen LogP contribution in [0.15, 0.2) is 71.8 Å². The number of para-hydroxylation sites is 1. The zero-order valence-corrected chi connectivity index (χ0v) is 19.4. The van der Waals surface area contributed by atoms with E-state index in [1.54, 1.807) is 25.5 Å². The van der Waals surface area contributed by atoms with Crippen molar-refractivity contribution in [2.24, 2.45) is 5.10 Å². The summed E-state index contributed by atoms with van der Waals surface area (Å²) in [5, 5.41) is 7.97. The van der Waals surface area contributed by atoms with E-state index in [1.165, 1.54) is 0 Å². The molecule has 0 bridgehead atoms. The summed E-state index contributed by atoms with van der Waals surface area (Å²) in [7, 11) is 1.56. The second kappa shape index (κ2) is 11.9. The third-order valence-corrected chi connectivity index (χ3v) is 4.73. The van der Waals surface area contributed by atoms with Crippen molar-refractivity contribution >= 4 is 40.8 Å². The second-order valence-electron chi connectivity index (χ2n) is 6.74. The van der Waals surface area contributed by atoms with Gasteiger partial charge in [0.15, 0.2) is 16.6 Å². The van der Waals surface area contributed by atoms with Gasteiger partial charge in [-0.1, -0.05) is 41.9 Å². The Morgan fingerprint density at radius 1 is 1.03 bits per heavy atom. The lowest BCUT2D eigenvalue weighted by atomic mass is 10.2. The monoisotopic (exact) mass is 469 g/mol. The number of methoxy groups -OCH3 is 1. The fraction of sp³-hybridized carbons (Fsp3) is 0.167. The second-order valence-corrected chi connectivity index (χ2v) is 7.55. The summed E-state index contributed by atoms with van der Waals surface area (Å²) in [6.07, 6.45) is 1.60. The quantitative estimate of drug-likeness (QED) is 0.188. The van der Waals surface area contributed by atoms with Gasteiger partial charge in [-0.25, -0.2) is 0 Å². The standard InChI is InChI=1S/C24H24ClN3O3S/c1-17-7-6-10-20(13-17)30-11-12-31-23-21(25)14-18(15-22(23)29-2)16-26-28-24(32)27-19-8-4-3-5-9-19/h3-10,13-16H,11-12H2,1-2H3,(H2,27,28,32)/b26-16-. The number of rotatable bonds is 9. The summed E-state index contributed by atoms with van der Waals surface area (Å²) in [5.74, 6) is 1.75. The number of anilines is 1. The van der Waals surface area contributed by atoms with Gasteiger partial charge >= 0.3 is 0 Å². The Morgan fingerprint density at radius 2 is 1.81 bits per heavy atom. The summed E-state index contributed by atoms with van der Waals surface area (Å²) < 4.78 is 16.9. The molecule has 0 unspecified atom stereocenters. The van der Waals surface area contributed by atoms with Gasteiger partial charge in [0, 0.05) is 5.69 Å². The highest BCUT2D eigenvalue weighted by atomic mass is 35.5. The van der Waals surface area contributed by atoms with Crippen LogP contribution in [0.4, 0.5) is 5.69 Å². The van der Waals surface area contributed by atoms with Crippen molar-refractivity contribution in [3.63, 3.8) is 0 Å². The number of hydrogen-bond acceptors (Lipinski definition) is 5. The molecule has 8 heteroatoms. The van der Waals surface area contributed by atoms with Crippen molar-refractivity contribution in [1.29, 1.82) is 0 Å². The van der Waals surface area contributed by atoms with Gasteiger partial charge in [0.2, 0.25) is 0 Å². The van der Waals surface area contributed by atoms with Crippen LogP contribution in [0, 0.1) is 6.92 Å². The number of halogens is 1. The van der Waals surface area contributed by atoms with Crippen molar-refractivity contribution in [1.82, 2.24) is 5.43 Å². The average Bonchev–Trinajstić information content (AvgIpc) is 2.78. The molecule has 0 aromatic heterocycles. The number of thiocarbonyl (C=S) groups is 1. The third kappa shape index (κ3) is 7.14. The molecule has 0 spiro atoms. The van der Waals surface area contributed by atoms with Crippen LogP contribution < -0.4 is 25.0 Å². The van der Waals surface area contributed by atoms with Gasteiger partial charge in [-0.3, -0.25) is 5.43 Å². The van der Waals surface area contributed by atoms with Gasteiger partial charge in [0.25, 0.3) is 0 Å². The topological polar surface area (TPSA) is 64.1 Å². The van der Waals surface area contributed by atoms with Crippen LogP contribution >= 0.6 is 23.8 Å². The summed E-state index contributed by atoms with van der Waals surface area (Å²) in [6.45, 7) is 2.71. The van der Waals surface area contributed by atoms with Gasteiger partial charge in [-0.15, -0.1) is 0 Å². The predicted molar refractivity (Wildman–Crippen MR) is 134 cm³/mol. The zero-order valence-electron chi connectivity index (χ0n) is 17.8. The minimum atomic E-state index is 0.318. The molecule has 0 saturated carbocycles. The van der Waals surface area contributed by atoms with Gasteiger partial charge in [0.05, 0.1) is 18.3 Å². The van der Waals surface area contributed by atoms with Gasteiger partial charge < -0.3 is 19.5 Å². The lowest BCUT2D eigenvalue weighted by molar-refractivity contribution is 0.211. The Morgan fingerprint density at radius 3 is 2.56 bits per heavy atom. The fourth-order valence-corrected chi connectivity index (χ4v) is 3.25. The molecule has 0 atom stereocenters. The van der Waals surface area contributed by atoms with Crippen LogP contribution in [0.25, 0.3) is 0 Å². The van der Waals surface area contributed by atoms with E-state index in [-0.39, 0.29) is 0 Å². The van der Waals surface area contributed by atoms with E-state index in [9.17, 15) is 0 Å². The molecule has 0 aliphatic rings. The molecule has 3 aromatic carbocycles. The number of hydrogen-bond donors (Lipinski definition) is 2. The average molecular weight is 470 g/mol. The van der Waals surface area contributed by atoms with E-state index < -0.39 is 0 Å². The molecule has 0 radical (unpaired) electrons. The molecule has 2 N–H and O–H groups in total. The Balaban J connectivity index is 1.54. The first kappa shape index (κ1) is 23.4. The van der Waals surface area contributed by atoms with E-state index in [1.807, 2.05) is 61.5 Å². The number of aryl methyl sites for hydroxylation is 1. The minimum Gasteiger partial charge on any atom is -0.493 e. The Hall–Kier alpha value is -3.29. The Kier molecular flexibility index (Phi) is 8.71. The molecule has 0 saturated heterocycles. The fourth-order valence-electron chi connectivity index (χ4n) is 2.81. The molecule has 0 heterocycles. The van der Waals surface area contributed by atoms with Crippen molar-refractivity contribution < 1.29 is 14.2 Å². The molecule has 32 heavy (non-hydrogen) atoms. The van der Waals surface area contributed by atoms with Crippen molar-refractivity contribution in [3.05, 3.63) is 82.9 Å². The summed E-state index contributed by atoms with van der Waals surface area (Å²) >= 11 is 11.6. The molecule has 0 aliphatic heterocycles. The van der Waals surface area contributed by atoms with Crippen LogP contribution in [-0.4, -0.2) is 31.7 Å². The lowest BCUT2D eigenvalue weighted by Gasteiger charge is -2.14. The minimum absolute atomic E-state index is 0.318. The van der Waals surface area contributed by atoms with E-state index >= 15 is 0 Å². The highest BCUT2D eigenvalue weighted by Gasteiger charge is 2.12. The van der Waals surface area contributed by atoms with E-state index in [4.69, 9.17) is 38.0 Å². The first-order chi connectivity index (χ1) is 15.5. The van der Waals surface area contributed by atoms with Crippen LogP contribution in [-0.2, 0) is 0 Å². The van der Waals surface area contributed by atoms with Gasteiger partial charge in [0.1, 0.15) is 19.0 Å². The Labute approximate surface area is 198 Å². The van der Waals surface area contributed by atoms with Gasteiger partial charge in [-0.2, -0.15) is 5.10 Å². The zero-order chi connectivity index (χ0) is 22.8. The number of benzene rings is 3. The molecule has 3 rings (SSSR count). The highest BCUT2D eigenvalue weighted by molar-refractivity contribution is 7.80. The maximum absolute atomic E-state index is 6.41. The third-order valence-electron chi connectivity index (χ3n) is 4.25. The highest BCUT2D eigenvalue weighted by Crippen LogP contribution is 2.36. The van der Waals surface area contributed by atoms with Gasteiger partial charge in [-0.05, 0) is 66.7 Å². The molecule has 0 aliphatic carbocycles. The predicted octanol–water partition coefficient (Wildman–Crippen LogP) is 5.44. The molecular weight excluding hydrogens is 446 g/mol. The van der Waals surface area contributed by atoms with Crippen LogP contribution in [0.1, 0.15) is 11.1 Å². The molecule has 0 fully saturated rings. The normalized spacial score (nSPS) is 10.6. The molecule has 166 valence electrons. The van der Waals surface area contributed by atoms with Crippen molar-refractivity contribution in [2.75, 3.05) is 25.6 Å². The maximum atomic E-state index is 6.41. The summed E-state index contributed by atoms with van der Waals surface area (Å²) in [4.78, 5) is 0. The smallest absolute Gasteiger partial charge is 0.191 e. The summed E-state index contributed by atoms with van der Waals surface area (Å²) in [5.41, 5.74) is 5.51. The molecule has 3 aromatic rings. The SMILES string of the molecule is COc1cc(/C=N\NC(=S)Nc2ccccc2)cc(Cl)c1OCCOc1cccc(C)c1. The van der Waals surface area contributed by atoms with Crippen LogP contribution in [0.5, 0.6) is 17.2 Å². The number of ether oxygens (including phenoxy) is 3. The number of hydrazone groups is 1. The number of nitrogens with one attached hydrogen (secondary N) is 2. The maximum Gasteiger partial charge on any atom is 0.191 e. The van der Waals surface area contributed by atoms with E-state index in [2.05, 4.69) is 15.8 Å². The largest absolute Gasteiger partial charge is 0.493 e. The molecular formula is C24H24ClN3O3S. The van der Waals surface area contributed by atoms with E-state index in [0.29, 0.717) is 34.8 Å². The Bertz CT molecular complexity index is 1080. The first-order valence-corrected chi connectivity index (χ1v) is 10.7. The van der Waals surface area contributed by atoms with Crippen LogP contribution in [0.2, 0.25) is 5.02 Å². The lowest BCUT2D eigenvalue weighted by Crippen LogP contribution is -2.23. The first-order valence-electron chi connectivity index (χ1n) is 9.90. The summed E-state index contributed by atoms with van der Waals surface area (Å²) in [6, 6.07) is 20.9. The molecule has 0 amide bonds.